The van der Waals surface area contributed by atoms with Crippen LogP contribution in [0.2, 0.25) is 0 Å². The summed E-state index contributed by atoms with van der Waals surface area (Å²) in [6, 6.07) is 9.93. The van der Waals surface area contributed by atoms with Gasteiger partial charge in [-0.25, -0.2) is 19.3 Å². The fourth-order valence-corrected chi connectivity index (χ4v) is 3.84. The maximum absolute atomic E-state index is 14.9. The lowest BCUT2D eigenvalue weighted by atomic mass is 10.2. The van der Waals surface area contributed by atoms with Crippen molar-refractivity contribution < 1.29 is 13.9 Å². The Bertz CT molecular complexity index is 1400. The van der Waals surface area contributed by atoms with Crippen molar-refractivity contribution >= 4 is 34.3 Å². The highest BCUT2D eigenvalue weighted by atomic mass is 19.1. The maximum Gasteiger partial charge on any atom is 0.246 e. The van der Waals surface area contributed by atoms with E-state index >= 15 is 0 Å². The van der Waals surface area contributed by atoms with Crippen LogP contribution in [0, 0.1) is 5.82 Å². The number of piperazine rings is 1. The predicted octanol–water partition coefficient (Wildman–Crippen LogP) is 3.27. The number of anilines is 3. The van der Waals surface area contributed by atoms with Crippen LogP contribution in [-0.4, -0.2) is 61.7 Å². The molecule has 1 N–H and O–H groups in total. The van der Waals surface area contributed by atoms with E-state index in [0.29, 0.717) is 54.7 Å². The minimum Gasteiger partial charge on any atom is -0.437 e. The first-order chi connectivity index (χ1) is 17.0. The number of halogens is 1. The van der Waals surface area contributed by atoms with Gasteiger partial charge in [0.1, 0.15) is 29.2 Å². The van der Waals surface area contributed by atoms with Crippen molar-refractivity contribution in [2.45, 2.75) is 0 Å². The highest BCUT2D eigenvalue weighted by molar-refractivity contribution is 5.88. The van der Waals surface area contributed by atoms with E-state index in [0.717, 1.165) is 5.82 Å². The fraction of sp³-hybridized carbons (Fsp3) is 0.208. The average molecular weight is 475 g/mol. The second kappa shape index (κ2) is 9.37. The molecule has 35 heavy (non-hydrogen) atoms. The van der Waals surface area contributed by atoms with Gasteiger partial charge in [-0.2, -0.15) is 0 Å². The van der Waals surface area contributed by atoms with E-state index in [1.165, 1.54) is 18.5 Å². The maximum atomic E-state index is 14.9. The number of fused-ring (bicyclic) bond motifs is 1. The number of hydrogen-bond acceptors (Lipinski definition) is 8. The number of aryl methyl sites for hydroxylation is 1. The van der Waals surface area contributed by atoms with Crippen molar-refractivity contribution in [2.24, 2.45) is 7.05 Å². The summed E-state index contributed by atoms with van der Waals surface area (Å²) >= 11 is 0. The zero-order valence-electron chi connectivity index (χ0n) is 19.1. The summed E-state index contributed by atoms with van der Waals surface area (Å²) in [7, 11) is 1.77. The minimum absolute atomic E-state index is 0.0746. The van der Waals surface area contributed by atoms with Gasteiger partial charge in [-0.05, 0) is 30.3 Å². The largest absolute Gasteiger partial charge is 0.437 e. The van der Waals surface area contributed by atoms with Gasteiger partial charge in [0.2, 0.25) is 11.8 Å². The quantitative estimate of drug-likeness (QED) is 0.425. The average Bonchev–Trinajstić information content (AvgIpc) is 3.29. The van der Waals surface area contributed by atoms with Crippen LogP contribution in [0.25, 0.3) is 11.0 Å². The normalized spacial score (nSPS) is 13.7. The fourth-order valence-electron chi connectivity index (χ4n) is 3.84. The lowest BCUT2D eigenvalue weighted by Crippen LogP contribution is -2.48. The highest BCUT2D eigenvalue weighted by Gasteiger charge is 2.21. The van der Waals surface area contributed by atoms with Crippen molar-refractivity contribution in [2.75, 3.05) is 36.4 Å². The molecule has 0 unspecified atom stereocenters. The second-order valence-corrected chi connectivity index (χ2v) is 7.97. The molecule has 1 aliphatic rings. The van der Waals surface area contributed by atoms with Gasteiger partial charge in [-0.15, -0.1) is 5.10 Å². The lowest BCUT2D eigenvalue weighted by Gasteiger charge is -2.35. The van der Waals surface area contributed by atoms with E-state index in [1.54, 1.807) is 41.0 Å². The number of hydrogen-bond donors (Lipinski definition) is 1. The monoisotopic (exact) mass is 474 g/mol. The first kappa shape index (κ1) is 22.3. The van der Waals surface area contributed by atoms with Crippen LogP contribution in [0.15, 0.2) is 61.6 Å². The summed E-state index contributed by atoms with van der Waals surface area (Å²) in [6.07, 6.45) is 4.47. The molecular weight excluding hydrogens is 451 g/mol. The summed E-state index contributed by atoms with van der Waals surface area (Å²) in [4.78, 5) is 29.0. The molecule has 10 nitrogen and oxygen atoms in total. The molecule has 0 saturated carbocycles. The predicted molar refractivity (Wildman–Crippen MR) is 129 cm³/mol. The van der Waals surface area contributed by atoms with Crippen LogP contribution in [0.5, 0.6) is 11.6 Å². The first-order valence-electron chi connectivity index (χ1n) is 11.0. The topological polar surface area (TPSA) is 101 Å². The van der Waals surface area contributed by atoms with Crippen LogP contribution >= 0.6 is 0 Å². The number of aromatic nitrogens is 5. The SMILES string of the molecule is C=CC(=O)N1CCN(c2ccc3ncnc(Nc4ccc(Oc5ccn(C)n5)cc4F)c3n2)CC1. The van der Waals surface area contributed by atoms with Crippen LogP contribution in [-0.2, 0) is 11.8 Å². The third kappa shape index (κ3) is 4.74. The highest BCUT2D eigenvalue weighted by Crippen LogP contribution is 2.29. The number of ether oxygens (including phenoxy) is 1. The van der Waals surface area contributed by atoms with Crippen molar-refractivity contribution in [1.82, 2.24) is 29.6 Å². The van der Waals surface area contributed by atoms with Crippen molar-refractivity contribution in [3.63, 3.8) is 0 Å². The van der Waals surface area contributed by atoms with Gasteiger partial charge in [-0.1, -0.05) is 6.58 Å². The number of rotatable bonds is 6. The smallest absolute Gasteiger partial charge is 0.246 e. The number of nitrogens with zero attached hydrogens (tertiary/aromatic N) is 7. The molecular formula is C24H23FN8O2. The third-order valence-electron chi connectivity index (χ3n) is 5.66. The minimum atomic E-state index is -0.510. The van der Waals surface area contributed by atoms with Gasteiger partial charge in [0.25, 0.3) is 0 Å². The molecule has 0 atom stereocenters. The zero-order chi connectivity index (χ0) is 24.4. The molecule has 0 aliphatic carbocycles. The number of benzene rings is 1. The van der Waals surface area contributed by atoms with Crippen LogP contribution < -0.4 is 15.0 Å². The molecule has 178 valence electrons. The molecule has 1 fully saturated rings. The van der Waals surface area contributed by atoms with Gasteiger partial charge in [-0.3, -0.25) is 9.48 Å². The number of nitrogens with one attached hydrogen (secondary N) is 1. The van der Waals surface area contributed by atoms with Crippen LogP contribution in [0.1, 0.15) is 0 Å². The molecule has 1 saturated heterocycles. The molecule has 1 amide bonds. The van der Waals surface area contributed by atoms with Gasteiger partial charge in [0.05, 0.1) is 11.2 Å². The Morgan fingerprint density at radius 1 is 1.14 bits per heavy atom. The molecule has 4 heterocycles. The number of carbonyl (C=O) groups excluding carboxylic acids is 1. The van der Waals surface area contributed by atoms with Crippen LogP contribution in [0.3, 0.4) is 0 Å². The molecule has 4 aromatic rings. The Balaban J connectivity index is 1.36. The summed E-state index contributed by atoms with van der Waals surface area (Å²) in [5, 5.41) is 7.15. The standard InChI is InChI=1S/C24H23FN8O2/c1-3-22(34)33-12-10-32(11-13-33)20-7-6-19-23(29-20)24(27-15-26-19)28-18-5-4-16(14-17(18)25)35-21-8-9-31(2)30-21/h3-9,14-15H,1,10-13H2,2H3,(H,26,27,28). The Labute approximate surface area is 200 Å². The van der Waals surface area contributed by atoms with E-state index in [2.05, 4.69) is 31.9 Å². The summed E-state index contributed by atoms with van der Waals surface area (Å²) in [6.45, 7) is 5.99. The van der Waals surface area contributed by atoms with Crippen molar-refractivity contribution in [3.8, 4) is 11.6 Å². The number of pyridine rings is 1. The molecule has 5 rings (SSSR count). The number of carbonyl (C=O) groups is 1. The third-order valence-corrected chi connectivity index (χ3v) is 5.66. The zero-order valence-corrected chi connectivity index (χ0v) is 19.1. The molecule has 11 heteroatoms. The Morgan fingerprint density at radius 2 is 1.97 bits per heavy atom. The van der Waals surface area contributed by atoms with E-state index in [-0.39, 0.29) is 11.6 Å². The van der Waals surface area contributed by atoms with Crippen molar-refractivity contribution in [3.05, 3.63) is 67.4 Å². The first-order valence-corrected chi connectivity index (χ1v) is 11.0. The van der Waals surface area contributed by atoms with E-state index in [4.69, 9.17) is 9.72 Å². The molecule has 1 aromatic carbocycles. The Hall–Kier alpha value is -4.54. The lowest BCUT2D eigenvalue weighted by molar-refractivity contribution is -0.126. The second-order valence-electron chi connectivity index (χ2n) is 7.97. The van der Waals surface area contributed by atoms with Gasteiger partial charge < -0.3 is 19.9 Å². The molecule has 0 radical (unpaired) electrons. The summed E-state index contributed by atoms with van der Waals surface area (Å²) in [5.41, 5.74) is 1.37. The molecule has 3 aromatic heterocycles. The molecule has 1 aliphatic heterocycles. The molecule has 0 bridgehead atoms. The summed E-state index contributed by atoms with van der Waals surface area (Å²) in [5.74, 6) is 1.24. The van der Waals surface area contributed by atoms with E-state index < -0.39 is 5.82 Å². The van der Waals surface area contributed by atoms with Gasteiger partial charge >= 0.3 is 0 Å². The Morgan fingerprint density at radius 3 is 2.69 bits per heavy atom. The van der Waals surface area contributed by atoms with Crippen LogP contribution in [0.4, 0.5) is 21.7 Å². The van der Waals surface area contributed by atoms with E-state index in [1.807, 2.05) is 12.1 Å². The van der Waals surface area contributed by atoms with Gasteiger partial charge in [0.15, 0.2) is 5.82 Å². The van der Waals surface area contributed by atoms with Crippen molar-refractivity contribution in [1.29, 1.82) is 0 Å². The number of amides is 1. The van der Waals surface area contributed by atoms with E-state index in [9.17, 15) is 9.18 Å². The molecule has 0 spiro atoms. The van der Waals surface area contributed by atoms with Gasteiger partial charge in [0, 0.05) is 51.6 Å². The summed E-state index contributed by atoms with van der Waals surface area (Å²) < 4.78 is 22.1. The Kier molecular flexibility index (Phi) is 5.96.